The summed E-state index contributed by atoms with van der Waals surface area (Å²) >= 11 is 1.55. The van der Waals surface area contributed by atoms with Crippen LogP contribution in [0, 0.1) is 10.1 Å². The van der Waals surface area contributed by atoms with Crippen molar-refractivity contribution in [1.82, 2.24) is 4.90 Å². The third-order valence-electron chi connectivity index (χ3n) is 2.25. The summed E-state index contributed by atoms with van der Waals surface area (Å²) in [5.74, 6) is -1.42. The third-order valence-corrected chi connectivity index (χ3v) is 4.14. The van der Waals surface area contributed by atoms with Crippen molar-refractivity contribution in [2.24, 2.45) is 5.73 Å². The Labute approximate surface area is 120 Å². The van der Waals surface area contributed by atoms with Crippen LogP contribution in [0.3, 0.4) is 0 Å². The molecule has 1 aliphatic heterocycles. The van der Waals surface area contributed by atoms with Crippen LogP contribution in [0.2, 0.25) is 0 Å². The van der Waals surface area contributed by atoms with Crippen molar-refractivity contribution in [2.45, 2.75) is 0 Å². The molecule has 0 bridgehead atoms. The van der Waals surface area contributed by atoms with Crippen molar-refractivity contribution >= 4 is 51.2 Å². The average molecular weight is 313 g/mol. The van der Waals surface area contributed by atoms with Crippen LogP contribution in [-0.2, 0) is 9.59 Å². The van der Waals surface area contributed by atoms with Crippen molar-refractivity contribution < 1.29 is 19.3 Å². The number of imide groups is 1. The first kappa shape index (κ1) is 14.2. The summed E-state index contributed by atoms with van der Waals surface area (Å²) in [4.78, 5) is 45.5. The number of rotatable bonds is 4. The van der Waals surface area contributed by atoms with Gasteiger partial charge in [0.25, 0.3) is 11.1 Å². The number of amides is 3. The lowest BCUT2D eigenvalue weighted by Gasteiger charge is -2.08. The smallest absolute Gasteiger partial charge is 0.324 e. The summed E-state index contributed by atoms with van der Waals surface area (Å²) < 4.78 is 0. The summed E-state index contributed by atoms with van der Waals surface area (Å²) in [6, 6.07) is 2.79. The topological polar surface area (TPSA) is 124 Å². The lowest BCUT2D eigenvalue weighted by molar-refractivity contribution is -0.380. The molecule has 0 radical (unpaired) electrons. The molecule has 1 aliphatic rings. The van der Waals surface area contributed by atoms with E-state index in [4.69, 9.17) is 5.73 Å². The van der Waals surface area contributed by atoms with Crippen molar-refractivity contribution in [3.8, 4) is 0 Å². The van der Waals surface area contributed by atoms with Crippen molar-refractivity contribution in [1.29, 1.82) is 0 Å². The maximum absolute atomic E-state index is 11.9. The largest absolute Gasteiger partial charge is 0.368 e. The second kappa shape index (κ2) is 5.43. The van der Waals surface area contributed by atoms with Gasteiger partial charge in [0.15, 0.2) is 0 Å². The van der Waals surface area contributed by atoms with E-state index in [2.05, 4.69) is 0 Å². The molecular weight excluding hydrogens is 306 g/mol. The van der Waals surface area contributed by atoms with Gasteiger partial charge in [-0.15, -0.1) is 0 Å². The molecule has 0 saturated carbocycles. The van der Waals surface area contributed by atoms with Crippen LogP contribution in [0.4, 0.5) is 9.80 Å². The lowest BCUT2D eigenvalue weighted by Crippen LogP contribution is -2.36. The summed E-state index contributed by atoms with van der Waals surface area (Å²) in [6.45, 7) is -0.480. The normalized spacial score (nSPS) is 17.0. The van der Waals surface area contributed by atoms with E-state index in [9.17, 15) is 24.5 Å². The SMILES string of the molecule is NC(=O)CN1C(=O)S/C(=C\c2ccc([N+](=O)[O-])s2)C1=O. The Hall–Kier alpha value is -2.20. The molecule has 2 heterocycles. The van der Waals surface area contributed by atoms with Crippen molar-refractivity contribution in [3.63, 3.8) is 0 Å². The van der Waals surface area contributed by atoms with Crippen molar-refractivity contribution in [2.75, 3.05) is 6.54 Å². The lowest BCUT2D eigenvalue weighted by atomic mass is 10.3. The molecule has 2 N–H and O–H groups in total. The van der Waals surface area contributed by atoms with Gasteiger partial charge in [-0.05, 0) is 23.9 Å². The minimum absolute atomic E-state index is 0.0624. The fourth-order valence-corrected chi connectivity index (χ4v) is 3.11. The van der Waals surface area contributed by atoms with Gasteiger partial charge in [-0.2, -0.15) is 0 Å². The number of hydrogen-bond donors (Lipinski definition) is 1. The van der Waals surface area contributed by atoms with Gasteiger partial charge < -0.3 is 5.73 Å². The second-order valence-electron chi connectivity index (χ2n) is 3.67. The van der Waals surface area contributed by atoms with Gasteiger partial charge >= 0.3 is 5.00 Å². The molecule has 0 spiro atoms. The number of primary amides is 1. The molecule has 1 saturated heterocycles. The van der Waals surface area contributed by atoms with E-state index in [-0.39, 0.29) is 9.91 Å². The molecule has 1 aromatic heterocycles. The van der Waals surface area contributed by atoms with E-state index in [0.29, 0.717) is 16.6 Å². The van der Waals surface area contributed by atoms with Gasteiger partial charge in [-0.25, -0.2) is 0 Å². The van der Waals surface area contributed by atoms with Gasteiger partial charge in [0, 0.05) is 10.9 Å². The van der Waals surface area contributed by atoms with Crippen LogP contribution in [0.5, 0.6) is 0 Å². The van der Waals surface area contributed by atoms with E-state index in [0.717, 1.165) is 16.2 Å². The molecule has 1 aromatic rings. The minimum atomic E-state index is -0.791. The second-order valence-corrected chi connectivity index (χ2v) is 5.75. The van der Waals surface area contributed by atoms with Crippen LogP contribution in [0.15, 0.2) is 17.0 Å². The Bertz CT molecular complexity index is 651. The van der Waals surface area contributed by atoms with Crippen LogP contribution in [0.25, 0.3) is 6.08 Å². The molecule has 104 valence electrons. The molecule has 3 amide bonds. The summed E-state index contributed by atoms with van der Waals surface area (Å²) in [5, 5.41) is 9.90. The number of carbonyl (C=O) groups excluding carboxylic acids is 3. The number of thiophene rings is 1. The molecule has 10 heteroatoms. The minimum Gasteiger partial charge on any atom is -0.368 e. The van der Waals surface area contributed by atoms with E-state index in [1.54, 1.807) is 0 Å². The summed E-state index contributed by atoms with van der Waals surface area (Å²) in [7, 11) is 0. The van der Waals surface area contributed by atoms with Gasteiger partial charge in [-0.1, -0.05) is 11.3 Å². The van der Waals surface area contributed by atoms with E-state index < -0.39 is 28.5 Å². The van der Waals surface area contributed by atoms with Gasteiger partial charge in [0.2, 0.25) is 5.91 Å². The zero-order valence-electron chi connectivity index (χ0n) is 9.77. The number of nitrogens with zero attached hydrogens (tertiary/aromatic N) is 2. The maximum atomic E-state index is 11.9. The zero-order chi connectivity index (χ0) is 14.9. The molecule has 0 atom stereocenters. The number of nitro groups is 1. The van der Waals surface area contributed by atoms with E-state index in [1.165, 1.54) is 18.2 Å². The fourth-order valence-electron chi connectivity index (χ4n) is 1.44. The first-order valence-electron chi connectivity index (χ1n) is 5.16. The highest BCUT2D eigenvalue weighted by molar-refractivity contribution is 8.18. The molecule has 0 aromatic carbocycles. The van der Waals surface area contributed by atoms with E-state index in [1.807, 2.05) is 0 Å². The molecule has 8 nitrogen and oxygen atoms in total. The first-order valence-corrected chi connectivity index (χ1v) is 6.79. The predicted molar refractivity (Wildman–Crippen MR) is 72.8 cm³/mol. The van der Waals surface area contributed by atoms with Gasteiger partial charge in [0.05, 0.1) is 9.83 Å². The highest BCUT2D eigenvalue weighted by Gasteiger charge is 2.35. The molecule has 0 unspecified atom stereocenters. The molecule has 2 rings (SSSR count). The molecule has 20 heavy (non-hydrogen) atoms. The maximum Gasteiger partial charge on any atom is 0.324 e. The molecular formula is C10H7N3O5S2. The van der Waals surface area contributed by atoms with E-state index >= 15 is 0 Å². The highest BCUT2D eigenvalue weighted by atomic mass is 32.2. The number of nitrogens with two attached hydrogens (primary N) is 1. The molecule has 0 aliphatic carbocycles. The van der Waals surface area contributed by atoms with Crippen LogP contribution in [-0.4, -0.2) is 33.4 Å². The monoisotopic (exact) mass is 313 g/mol. The molecule has 1 fully saturated rings. The standard InChI is InChI=1S/C10H7N3O5S2/c11-7(14)4-12-9(15)6(20-10(12)16)3-5-1-2-8(19-5)13(17)18/h1-3H,4H2,(H2,11,14)/b6-3-. The third kappa shape index (κ3) is 2.86. The number of carbonyl (C=O) groups is 3. The number of hydrogen-bond acceptors (Lipinski definition) is 7. The Morgan fingerprint density at radius 2 is 2.15 bits per heavy atom. The van der Waals surface area contributed by atoms with Gasteiger partial charge in [0.1, 0.15) is 6.54 Å². The Morgan fingerprint density at radius 1 is 1.45 bits per heavy atom. The predicted octanol–water partition coefficient (Wildman–Crippen LogP) is 1.18. The Kier molecular flexibility index (Phi) is 3.86. The first-order chi connectivity index (χ1) is 9.38. The average Bonchev–Trinajstić information content (AvgIpc) is 2.91. The number of thioether (sulfide) groups is 1. The Balaban J connectivity index is 2.22. The zero-order valence-corrected chi connectivity index (χ0v) is 11.4. The van der Waals surface area contributed by atoms with Crippen molar-refractivity contribution in [3.05, 3.63) is 32.0 Å². The summed E-state index contributed by atoms with van der Waals surface area (Å²) in [6.07, 6.45) is 1.38. The Morgan fingerprint density at radius 3 is 2.70 bits per heavy atom. The highest BCUT2D eigenvalue weighted by Crippen LogP contribution is 2.34. The quantitative estimate of drug-likeness (QED) is 0.505. The van der Waals surface area contributed by atoms with Crippen LogP contribution in [0.1, 0.15) is 4.88 Å². The van der Waals surface area contributed by atoms with Gasteiger partial charge in [-0.3, -0.25) is 29.4 Å². The van der Waals surface area contributed by atoms with Crippen LogP contribution < -0.4 is 5.73 Å². The summed E-state index contributed by atoms with van der Waals surface area (Å²) in [5.41, 5.74) is 4.94. The van der Waals surface area contributed by atoms with Crippen LogP contribution >= 0.6 is 23.1 Å². The fraction of sp³-hybridized carbons (Fsp3) is 0.100.